The molecular formula is C10H18N2. The lowest BCUT2D eigenvalue weighted by Gasteiger charge is -2.13. The molecule has 1 unspecified atom stereocenters. The van der Waals surface area contributed by atoms with Crippen LogP contribution in [0.2, 0.25) is 0 Å². The molecule has 12 heavy (non-hydrogen) atoms. The van der Waals surface area contributed by atoms with Gasteiger partial charge in [-0.15, -0.1) is 0 Å². The molecule has 1 atom stereocenters. The molecule has 1 aliphatic rings. The van der Waals surface area contributed by atoms with Gasteiger partial charge in [-0.05, 0) is 25.9 Å². The van der Waals surface area contributed by atoms with Crippen LogP contribution in [0.15, 0.2) is 0 Å². The fourth-order valence-electron chi connectivity index (χ4n) is 1.73. The molecule has 68 valence electrons. The molecule has 1 fully saturated rings. The molecule has 0 aromatic carbocycles. The third-order valence-electron chi connectivity index (χ3n) is 2.53. The lowest BCUT2D eigenvalue weighted by molar-refractivity contribution is 0.324. The number of hydrogen-bond acceptors (Lipinski definition) is 2. The number of nitriles is 1. The quantitative estimate of drug-likeness (QED) is 0.597. The summed E-state index contributed by atoms with van der Waals surface area (Å²) in [4.78, 5) is 2.42. The maximum Gasteiger partial charge on any atom is 0.0669 e. The Morgan fingerprint density at radius 1 is 1.50 bits per heavy atom. The summed E-state index contributed by atoms with van der Waals surface area (Å²) in [6, 6.07) is 2.34. The molecule has 1 heterocycles. The van der Waals surface area contributed by atoms with Gasteiger partial charge in [0.15, 0.2) is 0 Å². The molecular weight excluding hydrogens is 148 g/mol. The number of rotatable bonds is 4. The van der Waals surface area contributed by atoms with Gasteiger partial charge < -0.3 is 4.90 Å². The second kappa shape index (κ2) is 5.16. The Morgan fingerprint density at radius 3 is 2.92 bits per heavy atom. The first-order chi connectivity index (χ1) is 5.86. The van der Waals surface area contributed by atoms with Gasteiger partial charge in [-0.3, -0.25) is 0 Å². The fourth-order valence-corrected chi connectivity index (χ4v) is 1.73. The van der Waals surface area contributed by atoms with Crippen LogP contribution in [0.4, 0.5) is 0 Å². The van der Waals surface area contributed by atoms with Crippen molar-refractivity contribution in [2.75, 3.05) is 19.6 Å². The van der Waals surface area contributed by atoms with E-state index < -0.39 is 0 Å². The third-order valence-corrected chi connectivity index (χ3v) is 2.53. The van der Waals surface area contributed by atoms with Gasteiger partial charge in [0.05, 0.1) is 12.0 Å². The highest BCUT2D eigenvalue weighted by Gasteiger charge is 2.20. The predicted molar refractivity (Wildman–Crippen MR) is 49.7 cm³/mol. The van der Waals surface area contributed by atoms with Crippen molar-refractivity contribution >= 4 is 0 Å². The van der Waals surface area contributed by atoms with Crippen LogP contribution in [0.25, 0.3) is 0 Å². The summed E-state index contributed by atoms with van der Waals surface area (Å²) in [5.41, 5.74) is 0. The minimum absolute atomic E-state index is 0.312. The zero-order valence-corrected chi connectivity index (χ0v) is 7.92. The number of nitrogens with zero attached hydrogens (tertiary/aromatic N) is 2. The van der Waals surface area contributed by atoms with Gasteiger partial charge in [0.1, 0.15) is 0 Å². The molecule has 2 heteroatoms. The Morgan fingerprint density at radius 2 is 2.33 bits per heavy atom. The van der Waals surface area contributed by atoms with Gasteiger partial charge >= 0.3 is 0 Å². The van der Waals surface area contributed by atoms with Gasteiger partial charge in [0.25, 0.3) is 0 Å². The van der Waals surface area contributed by atoms with Crippen molar-refractivity contribution < 1.29 is 0 Å². The summed E-state index contributed by atoms with van der Waals surface area (Å²) in [6.07, 6.45) is 5.00. The van der Waals surface area contributed by atoms with Crippen LogP contribution in [0.3, 0.4) is 0 Å². The molecule has 0 amide bonds. The molecule has 0 bridgehead atoms. The van der Waals surface area contributed by atoms with E-state index >= 15 is 0 Å². The van der Waals surface area contributed by atoms with E-state index in [1.54, 1.807) is 0 Å². The zero-order chi connectivity index (χ0) is 8.81. The van der Waals surface area contributed by atoms with Gasteiger partial charge in [-0.2, -0.15) is 5.26 Å². The van der Waals surface area contributed by atoms with Gasteiger partial charge in [-0.25, -0.2) is 0 Å². The molecule has 0 saturated carbocycles. The number of unbranched alkanes of at least 4 members (excludes halogenated alkanes) is 2. The maximum atomic E-state index is 8.68. The molecule has 0 aromatic rings. The van der Waals surface area contributed by atoms with Crippen molar-refractivity contribution in [1.82, 2.24) is 4.90 Å². The van der Waals surface area contributed by atoms with Crippen molar-refractivity contribution in [3.05, 3.63) is 0 Å². The SMILES string of the molecule is CCCCCN1CCC(C#N)C1. The Bertz CT molecular complexity index is 160. The van der Waals surface area contributed by atoms with E-state index in [-0.39, 0.29) is 0 Å². The molecule has 1 aliphatic heterocycles. The highest BCUT2D eigenvalue weighted by Crippen LogP contribution is 2.15. The summed E-state index contributed by atoms with van der Waals surface area (Å²) >= 11 is 0. The van der Waals surface area contributed by atoms with E-state index in [1.807, 2.05) is 0 Å². The topological polar surface area (TPSA) is 27.0 Å². The summed E-state index contributed by atoms with van der Waals surface area (Å²) in [6.45, 7) is 5.58. The molecule has 2 nitrogen and oxygen atoms in total. The van der Waals surface area contributed by atoms with Gasteiger partial charge in [0, 0.05) is 6.54 Å². The first-order valence-corrected chi connectivity index (χ1v) is 4.98. The molecule has 1 rings (SSSR count). The summed E-state index contributed by atoms with van der Waals surface area (Å²) in [5.74, 6) is 0.312. The predicted octanol–water partition coefficient (Wildman–Crippen LogP) is 2.02. The van der Waals surface area contributed by atoms with E-state index in [0.717, 1.165) is 19.5 Å². The van der Waals surface area contributed by atoms with Crippen LogP contribution in [-0.2, 0) is 0 Å². The van der Waals surface area contributed by atoms with Crippen LogP contribution < -0.4 is 0 Å². The molecule has 0 N–H and O–H groups in total. The lowest BCUT2D eigenvalue weighted by atomic mass is 10.1. The third kappa shape index (κ3) is 2.83. The second-order valence-electron chi connectivity index (χ2n) is 3.62. The van der Waals surface area contributed by atoms with Crippen molar-refractivity contribution in [3.8, 4) is 6.07 Å². The molecule has 1 saturated heterocycles. The van der Waals surface area contributed by atoms with E-state index in [4.69, 9.17) is 5.26 Å². The summed E-state index contributed by atoms with van der Waals surface area (Å²) in [7, 11) is 0. The largest absolute Gasteiger partial charge is 0.302 e. The smallest absolute Gasteiger partial charge is 0.0669 e. The highest BCUT2D eigenvalue weighted by molar-refractivity contribution is 4.90. The van der Waals surface area contributed by atoms with Crippen molar-refractivity contribution in [2.45, 2.75) is 32.6 Å². The Labute approximate surface area is 75.2 Å². The Kier molecular flexibility index (Phi) is 4.10. The number of hydrogen-bond donors (Lipinski definition) is 0. The van der Waals surface area contributed by atoms with Crippen LogP contribution in [0.5, 0.6) is 0 Å². The van der Waals surface area contributed by atoms with Crippen molar-refractivity contribution in [1.29, 1.82) is 5.26 Å². The van der Waals surface area contributed by atoms with Crippen LogP contribution in [0.1, 0.15) is 32.6 Å². The second-order valence-corrected chi connectivity index (χ2v) is 3.62. The Hall–Kier alpha value is -0.550. The van der Waals surface area contributed by atoms with E-state index in [0.29, 0.717) is 5.92 Å². The van der Waals surface area contributed by atoms with Crippen LogP contribution in [0, 0.1) is 17.2 Å². The standard InChI is InChI=1S/C10H18N2/c1-2-3-4-6-12-7-5-10(8-11)9-12/h10H,2-7,9H2,1H3. The van der Waals surface area contributed by atoms with Crippen molar-refractivity contribution in [2.24, 2.45) is 5.92 Å². The molecule has 0 aromatic heterocycles. The first-order valence-electron chi connectivity index (χ1n) is 4.98. The number of likely N-dealkylation sites (tertiary alicyclic amines) is 1. The summed E-state index contributed by atoms with van der Waals surface area (Å²) < 4.78 is 0. The monoisotopic (exact) mass is 166 g/mol. The van der Waals surface area contributed by atoms with Crippen LogP contribution in [-0.4, -0.2) is 24.5 Å². The molecule has 0 aliphatic carbocycles. The normalized spacial score (nSPS) is 24.2. The van der Waals surface area contributed by atoms with Crippen LogP contribution >= 0.6 is 0 Å². The summed E-state index contributed by atoms with van der Waals surface area (Å²) in [5, 5.41) is 8.68. The van der Waals surface area contributed by atoms with E-state index in [1.165, 1.54) is 25.8 Å². The lowest BCUT2D eigenvalue weighted by Crippen LogP contribution is -2.21. The molecule has 0 spiro atoms. The highest BCUT2D eigenvalue weighted by atomic mass is 15.1. The Balaban J connectivity index is 2.08. The van der Waals surface area contributed by atoms with E-state index in [2.05, 4.69) is 17.9 Å². The average Bonchev–Trinajstić information content (AvgIpc) is 2.53. The minimum atomic E-state index is 0.312. The van der Waals surface area contributed by atoms with Gasteiger partial charge in [-0.1, -0.05) is 19.8 Å². The van der Waals surface area contributed by atoms with Gasteiger partial charge in [0.2, 0.25) is 0 Å². The minimum Gasteiger partial charge on any atom is -0.302 e. The zero-order valence-electron chi connectivity index (χ0n) is 7.92. The first kappa shape index (κ1) is 9.54. The van der Waals surface area contributed by atoms with Crippen molar-refractivity contribution in [3.63, 3.8) is 0 Å². The average molecular weight is 166 g/mol. The molecule has 0 radical (unpaired) electrons. The maximum absolute atomic E-state index is 8.68. The van der Waals surface area contributed by atoms with E-state index in [9.17, 15) is 0 Å². The fraction of sp³-hybridized carbons (Fsp3) is 0.900.